The number of hydrogen-bond donors (Lipinski definition) is 0. The van der Waals surface area contributed by atoms with Crippen LogP contribution in [-0.4, -0.2) is 13.1 Å². The first-order valence-electron chi connectivity index (χ1n) is 7.46. The van der Waals surface area contributed by atoms with Crippen molar-refractivity contribution < 1.29 is 4.74 Å². The molecule has 22 heavy (non-hydrogen) atoms. The van der Waals surface area contributed by atoms with Gasteiger partial charge >= 0.3 is 0 Å². The summed E-state index contributed by atoms with van der Waals surface area (Å²) in [7, 11) is 1.99. The highest BCUT2D eigenvalue weighted by molar-refractivity contribution is 5.95. The summed E-state index contributed by atoms with van der Waals surface area (Å²) in [6.07, 6.45) is 2.10. The van der Waals surface area contributed by atoms with E-state index in [0.717, 1.165) is 16.9 Å². The summed E-state index contributed by atoms with van der Waals surface area (Å²) >= 11 is 0. The summed E-state index contributed by atoms with van der Waals surface area (Å²) in [6.45, 7) is 4.70. The predicted octanol–water partition coefficient (Wildman–Crippen LogP) is 4.76. The molecule has 0 saturated heterocycles. The van der Waals surface area contributed by atoms with Crippen LogP contribution in [-0.2, 0) is 11.3 Å². The molecule has 112 valence electrons. The van der Waals surface area contributed by atoms with E-state index in [1.807, 2.05) is 49.2 Å². The average molecular weight is 292 g/mol. The van der Waals surface area contributed by atoms with Gasteiger partial charge in [0, 0.05) is 18.2 Å². The minimum absolute atomic E-state index is 0.560. The van der Waals surface area contributed by atoms with Gasteiger partial charge in [-0.25, -0.2) is 0 Å². The van der Waals surface area contributed by atoms with Gasteiger partial charge in [0.1, 0.15) is 6.61 Å². The highest BCUT2D eigenvalue weighted by atomic mass is 16.5. The molecule has 0 N–H and O–H groups in total. The zero-order chi connectivity index (χ0) is 15.5. The minimum atomic E-state index is 0.560. The first kappa shape index (κ1) is 14.4. The summed E-state index contributed by atoms with van der Waals surface area (Å²) in [5.74, 6) is 0. The summed E-state index contributed by atoms with van der Waals surface area (Å²) in [6, 6.07) is 17.0. The van der Waals surface area contributed by atoms with Crippen molar-refractivity contribution in [2.75, 3.05) is 11.9 Å². The molecule has 3 heteroatoms. The zero-order valence-corrected chi connectivity index (χ0v) is 13.2. The molecule has 0 saturated carbocycles. The van der Waals surface area contributed by atoms with Gasteiger partial charge in [-0.15, -0.1) is 0 Å². The summed E-state index contributed by atoms with van der Waals surface area (Å²) in [4.78, 5) is 6.75. The standard InChI is InChI=1S/C19H20N2O/c1-4-14(2)16-10-6-7-11-17(16)20-19-21(3)18-12-8-5-9-15(18)13-22-19/h4-12H,13H2,1-3H3. The van der Waals surface area contributed by atoms with Crippen LogP contribution in [0.4, 0.5) is 11.4 Å². The molecule has 1 aliphatic rings. The lowest BCUT2D eigenvalue weighted by molar-refractivity contribution is 0.277. The topological polar surface area (TPSA) is 24.8 Å². The highest BCUT2D eigenvalue weighted by Crippen LogP contribution is 2.30. The summed E-state index contributed by atoms with van der Waals surface area (Å²) < 4.78 is 5.85. The number of nitrogens with zero attached hydrogens (tertiary/aromatic N) is 2. The van der Waals surface area contributed by atoms with Gasteiger partial charge in [0.15, 0.2) is 0 Å². The van der Waals surface area contributed by atoms with Crippen molar-refractivity contribution >= 4 is 23.0 Å². The number of ether oxygens (including phenoxy) is 1. The molecule has 0 aromatic heterocycles. The number of fused-ring (bicyclic) bond motifs is 1. The Morgan fingerprint density at radius 1 is 1.14 bits per heavy atom. The van der Waals surface area contributed by atoms with Crippen LogP contribution >= 0.6 is 0 Å². The molecule has 0 fully saturated rings. The van der Waals surface area contributed by atoms with E-state index in [2.05, 4.69) is 31.2 Å². The Balaban J connectivity index is 2.01. The van der Waals surface area contributed by atoms with Crippen molar-refractivity contribution in [1.82, 2.24) is 0 Å². The first-order chi connectivity index (χ1) is 10.7. The van der Waals surface area contributed by atoms with Crippen molar-refractivity contribution in [3.63, 3.8) is 0 Å². The molecule has 3 nitrogen and oxygen atoms in total. The lowest BCUT2D eigenvalue weighted by atomic mass is 10.1. The van der Waals surface area contributed by atoms with Crippen molar-refractivity contribution in [3.05, 3.63) is 65.7 Å². The Kier molecular flexibility index (Phi) is 3.96. The third-order valence-electron chi connectivity index (χ3n) is 3.97. The van der Waals surface area contributed by atoms with Gasteiger partial charge in [0.25, 0.3) is 6.02 Å². The monoisotopic (exact) mass is 292 g/mol. The number of anilines is 1. The molecule has 0 bridgehead atoms. The number of hydrogen-bond acceptors (Lipinski definition) is 2. The number of para-hydroxylation sites is 2. The highest BCUT2D eigenvalue weighted by Gasteiger charge is 2.20. The predicted molar refractivity (Wildman–Crippen MR) is 92.5 cm³/mol. The smallest absolute Gasteiger partial charge is 0.297 e. The van der Waals surface area contributed by atoms with E-state index >= 15 is 0 Å². The van der Waals surface area contributed by atoms with Crippen molar-refractivity contribution in [1.29, 1.82) is 0 Å². The average Bonchev–Trinajstić information content (AvgIpc) is 2.57. The van der Waals surface area contributed by atoms with Crippen molar-refractivity contribution in [2.45, 2.75) is 20.5 Å². The van der Waals surface area contributed by atoms with Crippen LogP contribution in [0, 0.1) is 0 Å². The van der Waals surface area contributed by atoms with Gasteiger partial charge in [-0.2, -0.15) is 4.99 Å². The maximum Gasteiger partial charge on any atom is 0.297 e. The molecule has 3 rings (SSSR count). The van der Waals surface area contributed by atoms with E-state index in [4.69, 9.17) is 9.73 Å². The molecule has 1 aliphatic heterocycles. The molecule has 0 spiro atoms. The van der Waals surface area contributed by atoms with Gasteiger partial charge in [-0.3, -0.25) is 4.90 Å². The van der Waals surface area contributed by atoms with Crippen LogP contribution in [0.1, 0.15) is 25.0 Å². The second-order valence-electron chi connectivity index (χ2n) is 5.36. The zero-order valence-electron chi connectivity index (χ0n) is 13.2. The largest absolute Gasteiger partial charge is 0.460 e. The Morgan fingerprint density at radius 3 is 2.68 bits per heavy atom. The number of amidine groups is 1. The molecule has 0 amide bonds. The lowest BCUT2D eigenvalue weighted by Gasteiger charge is -2.28. The van der Waals surface area contributed by atoms with Crippen molar-refractivity contribution in [2.24, 2.45) is 4.99 Å². The Morgan fingerprint density at radius 2 is 1.86 bits per heavy atom. The van der Waals surface area contributed by atoms with Crippen LogP contribution in [0.25, 0.3) is 5.57 Å². The molecule has 0 unspecified atom stereocenters. The minimum Gasteiger partial charge on any atom is -0.460 e. The molecule has 0 aliphatic carbocycles. The normalized spacial score (nSPS) is 16.4. The summed E-state index contributed by atoms with van der Waals surface area (Å²) in [5, 5.41) is 0. The number of rotatable bonds is 2. The van der Waals surface area contributed by atoms with E-state index in [-0.39, 0.29) is 0 Å². The third-order valence-corrected chi connectivity index (χ3v) is 3.97. The SMILES string of the molecule is CC=C(C)c1ccccc1N=C1OCc2ccccc2N1C. The van der Waals surface area contributed by atoms with Crippen LogP contribution in [0.2, 0.25) is 0 Å². The molecule has 0 radical (unpaired) electrons. The van der Waals surface area contributed by atoms with Gasteiger partial charge < -0.3 is 4.74 Å². The van der Waals surface area contributed by atoms with Gasteiger partial charge in [0.2, 0.25) is 0 Å². The molecule has 1 heterocycles. The third kappa shape index (κ3) is 2.62. The molecular weight excluding hydrogens is 272 g/mol. The van der Waals surface area contributed by atoms with E-state index in [1.165, 1.54) is 11.1 Å². The number of allylic oxidation sites excluding steroid dienone is 2. The van der Waals surface area contributed by atoms with E-state index in [1.54, 1.807) is 0 Å². The van der Waals surface area contributed by atoms with E-state index in [0.29, 0.717) is 12.6 Å². The maximum atomic E-state index is 5.85. The summed E-state index contributed by atoms with van der Waals surface area (Å²) in [5.41, 5.74) is 5.60. The van der Waals surface area contributed by atoms with Crippen LogP contribution < -0.4 is 4.90 Å². The van der Waals surface area contributed by atoms with Crippen molar-refractivity contribution in [3.8, 4) is 0 Å². The Labute approximate surface area is 131 Å². The fourth-order valence-electron chi connectivity index (χ4n) is 2.57. The molecule has 0 atom stereocenters. The van der Waals surface area contributed by atoms with Crippen LogP contribution in [0.5, 0.6) is 0 Å². The van der Waals surface area contributed by atoms with Crippen LogP contribution in [0.15, 0.2) is 59.6 Å². The first-order valence-corrected chi connectivity index (χ1v) is 7.46. The number of aliphatic imine (C=N–C) groups is 1. The lowest BCUT2D eigenvalue weighted by Crippen LogP contribution is -2.33. The van der Waals surface area contributed by atoms with E-state index < -0.39 is 0 Å². The van der Waals surface area contributed by atoms with Gasteiger partial charge in [0.05, 0.1) is 11.4 Å². The molecular formula is C19H20N2O. The molecule has 2 aromatic rings. The van der Waals surface area contributed by atoms with Gasteiger partial charge in [-0.1, -0.05) is 42.5 Å². The quantitative estimate of drug-likeness (QED) is 0.797. The number of benzene rings is 2. The van der Waals surface area contributed by atoms with Gasteiger partial charge in [-0.05, 0) is 31.6 Å². The Hall–Kier alpha value is -2.55. The Bertz CT molecular complexity index is 747. The second kappa shape index (κ2) is 6.06. The maximum absolute atomic E-state index is 5.85. The van der Waals surface area contributed by atoms with E-state index in [9.17, 15) is 0 Å². The fourth-order valence-corrected chi connectivity index (χ4v) is 2.57. The second-order valence-corrected chi connectivity index (χ2v) is 5.36. The molecule has 2 aromatic carbocycles. The van der Waals surface area contributed by atoms with Crippen LogP contribution in [0.3, 0.4) is 0 Å². The fraction of sp³-hybridized carbons (Fsp3) is 0.211.